The molecule has 2 rings (SSSR count). The van der Waals surface area contributed by atoms with Crippen LogP contribution in [0.2, 0.25) is 0 Å². The molecule has 2 amide bonds. The molecule has 28 heavy (non-hydrogen) atoms. The molecule has 0 radical (unpaired) electrons. The first-order valence-electron chi connectivity index (χ1n) is 9.10. The number of aryl methyl sites for hydroxylation is 2. The Morgan fingerprint density at radius 1 is 1.07 bits per heavy atom. The van der Waals surface area contributed by atoms with Crippen molar-refractivity contribution in [3.8, 4) is 11.5 Å². The highest BCUT2D eigenvalue weighted by Gasteiger charge is 2.08. The standard InChI is InChI=1S/C20H26N4O4/c1-5-27-17-9-7-16(12-18(17)28-6-2)8-10-19(25)21-22-20(26)13-24-15(4)11-14(3)23-24/h7-12H,5-6,13H2,1-4H3,(H,21,25)(H,22,26)/b10-8+. The van der Waals surface area contributed by atoms with Gasteiger partial charge in [0.05, 0.1) is 18.9 Å². The van der Waals surface area contributed by atoms with Gasteiger partial charge >= 0.3 is 0 Å². The zero-order chi connectivity index (χ0) is 20.5. The largest absolute Gasteiger partial charge is 0.490 e. The highest BCUT2D eigenvalue weighted by Crippen LogP contribution is 2.28. The molecule has 0 unspecified atom stereocenters. The van der Waals surface area contributed by atoms with Gasteiger partial charge in [-0.25, -0.2) is 0 Å². The van der Waals surface area contributed by atoms with Crippen LogP contribution in [0.4, 0.5) is 0 Å². The first-order chi connectivity index (χ1) is 13.4. The fraction of sp³-hybridized carbons (Fsp3) is 0.350. The molecule has 8 heteroatoms. The van der Waals surface area contributed by atoms with Crippen molar-refractivity contribution in [3.05, 3.63) is 47.3 Å². The maximum absolute atomic E-state index is 11.9. The van der Waals surface area contributed by atoms with E-state index in [9.17, 15) is 9.59 Å². The molecule has 0 aliphatic rings. The highest BCUT2D eigenvalue weighted by molar-refractivity contribution is 5.93. The molecule has 0 atom stereocenters. The van der Waals surface area contributed by atoms with E-state index >= 15 is 0 Å². The Balaban J connectivity index is 1.89. The summed E-state index contributed by atoms with van der Waals surface area (Å²) in [6.45, 7) is 8.58. The molecule has 0 aliphatic carbocycles. The van der Waals surface area contributed by atoms with E-state index in [4.69, 9.17) is 9.47 Å². The van der Waals surface area contributed by atoms with Gasteiger partial charge in [0.1, 0.15) is 6.54 Å². The second-order valence-electron chi connectivity index (χ2n) is 6.03. The molecule has 8 nitrogen and oxygen atoms in total. The maximum Gasteiger partial charge on any atom is 0.262 e. The first-order valence-corrected chi connectivity index (χ1v) is 9.10. The van der Waals surface area contributed by atoms with Crippen molar-refractivity contribution in [1.29, 1.82) is 0 Å². The lowest BCUT2D eigenvalue weighted by molar-refractivity contribution is -0.127. The summed E-state index contributed by atoms with van der Waals surface area (Å²) in [4.78, 5) is 23.9. The van der Waals surface area contributed by atoms with E-state index in [0.717, 1.165) is 17.0 Å². The summed E-state index contributed by atoms with van der Waals surface area (Å²) in [5, 5.41) is 4.20. The van der Waals surface area contributed by atoms with Crippen molar-refractivity contribution >= 4 is 17.9 Å². The number of ether oxygens (including phenoxy) is 2. The minimum absolute atomic E-state index is 0.0281. The maximum atomic E-state index is 11.9. The fourth-order valence-corrected chi connectivity index (χ4v) is 2.53. The van der Waals surface area contributed by atoms with Gasteiger partial charge in [0.15, 0.2) is 11.5 Å². The Morgan fingerprint density at radius 3 is 2.43 bits per heavy atom. The molecule has 0 bridgehead atoms. The highest BCUT2D eigenvalue weighted by atomic mass is 16.5. The van der Waals surface area contributed by atoms with Gasteiger partial charge in [0.25, 0.3) is 11.8 Å². The number of hydrogen-bond donors (Lipinski definition) is 2. The van der Waals surface area contributed by atoms with Crippen molar-refractivity contribution in [3.63, 3.8) is 0 Å². The summed E-state index contributed by atoms with van der Waals surface area (Å²) in [6.07, 6.45) is 2.95. The summed E-state index contributed by atoms with van der Waals surface area (Å²) in [6, 6.07) is 7.28. The Kier molecular flexibility index (Phi) is 7.62. The molecule has 2 aromatic rings. The van der Waals surface area contributed by atoms with E-state index in [1.807, 2.05) is 39.8 Å². The van der Waals surface area contributed by atoms with Gasteiger partial charge in [-0.3, -0.25) is 25.1 Å². The summed E-state index contributed by atoms with van der Waals surface area (Å²) < 4.78 is 12.6. The molecule has 0 saturated carbocycles. The van der Waals surface area contributed by atoms with Gasteiger partial charge in [0.2, 0.25) is 0 Å². The van der Waals surface area contributed by atoms with Gasteiger partial charge in [-0.15, -0.1) is 0 Å². The van der Waals surface area contributed by atoms with Crippen molar-refractivity contribution in [2.45, 2.75) is 34.2 Å². The molecule has 2 N–H and O–H groups in total. The predicted octanol–water partition coefficient (Wildman–Crippen LogP) is 2.16. The molecule has 0 saturated heterocycles. The van der Waals surface area contributed by atoms with E-state index in [1.165, 1.54) is 6.08 Å². The predicted molar refractivity (Wildman–Crippen MR) is 106 cm³/mol. The quantitative estimate of drug-likeness (QED) is 0.536. The van der Waals surface area contributed by atoms with Crippen LogP contribution in [0, 0.1) is 13.8 Å². The lowest BCUT2D eigenvalue weighted by Crippen LogP contribution is -2.42. The molecule has 0 fully saturated rings. The Bertz CT molecular complexity index is 858. The average molecular weight is 386 g/mol. The number of carbonyl (C=O) groups is 2. The number of nitrogens with one attached hydrogen (secondary N) is 2. The van der Waals surface area contributed by atoms with Crippen LogP contribution in [0.1, 0.15) is 30.8 Å². The fourth-order valence-electron chi connectivity index (χ4n) is 2.53. The van der Waals surface area contributed by atoms with Gasteiger partial charge in [-0.05, 0) is 57.5 Å². The molecule has 0 aliphatic heterocycles. The smallest absolute Gasteiger partial charge is 0.262 e. The average Bonchev–Trinajstić information content (AvgIpc) is 2.97. The number of amides is 2. The minimum atomic E-state index is -0.450. The van der Waals surface area contributed by atoms with E-state index in [2.05, 4.69) is 16.0 Å². The van der Waals surface area contributed by atoms with E-state index in [1.54, 1.807) is 22.9 Å². The lowest BCUT2D eigenvalue weighted by atomic mass is 10.2. The van der Waals surface area contributed by atoms with Gasteiger partial charge in [0, 0.05) is 11.8 Å². The van der Waals surface area contributed by atoms with Gasteiger partial charge < -0.3 is 9.47 Å². The van der Waals surface area contributed by atoms with Crippen LogP contribution in [0.5, 0.6) is 11.5 Å². The van der Waals surface area contributed by atoms with Crippen molar-refractivity contribution in [1.82, 2.24) is 20.6 Å². The molecule has 1 heterocycles. The number of hydrogen-bond acceptors (Lipinski definition) is 5. The van der Waals surface area contributed by atoms with Crippen LogP contribution in [0.15, 0.2) is 30.3 Å². The monoisotopic (exact) mass is 386 g/mol. The van der Waals surface area contributed by atoms with Crippen LogP contribution in [-0.4, -0.2) is 34.8 Å². The van der Waals surface area contributed by atoms with Crippen molar-refractivity contribution in [2.24, 2.45) is 0 Å². The number of rotatable bonds is 8. The molecule has 150 valence electrons. The Morgan fingerprint density at radius 2 is 1.79 bits per heavy atom. The van der Waals surface area contributed by atoms with E-state index in [-0.39, 0.29) is 12.5 Å². The molecule has 1 aromatic heterocycles. The number of benzene rings is 1. The summed E-state index contributed by atoms with van der Waals surface area (Å²) in [7, 11) is 0. The molecule has 0 spiro atoms. The zero-order valence-electron chi connectivity index (χ0n) is 16.6. The van der Waals surface area contributed by atoms with E-state index in [0.29, 0.717) is 24.7 Å². The van der Waals surface area contributed by atoms with Crippen molar-refractivity contribution < 1.29 is 19.1 Å². The second-order valence-corrected chi connectivity index (χ2v) is 6.03. The number of hydrazine groups is 1. The van der Waals surface area contributed by atoms with Crippen LogP contribution < -0.4 is 20.3 Å². The summed E-state index contributed by atoms with van der Waals surface area (Å²) in [5.41, 5.74) is 7.20. The number of aromatic nitrogens is 2. The lowest BCUT2D eigenvalue weighted by Gasteiger charge is -2.11. The Labute approximate surface area is 164 Å². The Hall–Kier alpha value is -3.29. The SMILES string of the molecule is CCOc1ccc(/C=C/C(=O)NNC(=O)Cn2nc(C)cc2C)cc1OCC. The van der Waals surface area contributed by atoms with Crippen LogP contribution in [0.25, 0.3) is 6.08 Å². The number of carbonyl (C=O) groups excluding carboxylic acids is 2. The van der Waals surface area contributed by atoms with Gasteiger partial charge in [-0.1, -0.05) is 6.07 Å². The molecule has 1 aromatic carbocycles. The number of nitrogens with zero attached hydrogens (tertiary/aromatic N) is 2. The topological polar surface area (TPSA) is 94.5 Å². The summed E-state index contributed by atoms with van der Waals surface area (Å²) >= 11 is 0. The van der Waals surface area contributed by atoms with Crippen LogP contribution in [-0.2, 0) is 16.1 Å². The van der Waals surface area contributed by atoms with Crippen molar-refractivity contribution in [2.75, 3.05) is 13.2 Å². The third kappa shape index (κ3) is 6.15. The minimum Gasteiger partial charge on any atom is -0.490 e. The third-order valence-corrected chi connectivity index (χ3v) is 3.72. The normalized spacial score (nSPS) is 10.7. The van der Waals surface area contributed by atoms with Crippen LogP contribution in [0.3, 0.4) is 0 Å². The van der Waals surface area contributed by atoms with E-state index < -0.39 is 5.91 Å². The van der Waals surface area contributed by atoms with Gasteiger partial charge in [-0.2, -0.15) is 5.10 Å². The third-order valence-electron chi connectivity index (χ3n) is 3.72. The van der Waals surface area contributed by atoms with Crippen LogP contribution >= 0.6 is 0 Å². The molecular formula is C20H26N4O4. The summed E-state index contributed by atoms with van der Waals surface area (Å²) in [5.74, 6) is 0.452. The second kappa shape index (κ2) is 10.1. The zero-order valence-corrected chi connectivity index (χ0v) is 16.6. The first kappa shape index (κ1) is 21.0. The molecular weight excluding hydrogens is 360 g/mol.